The van der Waals surface area contributed by atoms with Crippen LogP contribution in [0.15, 0.2) is 10.9 Å². The molecule has 1 atom stereocenters. The molecule has 2 rings (SSSR count). The second-order valence-corrected chi connectivity index (χ2v) is 5.28. The molecule has 0 saturated carbocycles. The van der Waals surface area contributed by atoms with E-state index in [1.54, 1.807) is 13.8 Å². The van der Waals surface area contributed by atoms with E-state index in [0.29, 0.717) is 5.82 Å². The number of rotatable bonds is 2. The van der Waals surface area contributed by atoms with Crippen LogP contribution in [0, 0.1) is 6.92 Å². The summed E-state index contributed by atoms with van der Waals surface area (Å²) in [6.45, 7) is 4.98. The molecule has 1 saturated heterocycles. The molecule has 19 heavy (non-hydrogen) atoms. The highest BCUT2D eigenvalue weighted by atomic mass is 35.5. The largest absolute Gasteiger partial charge is 0.341 e. The molecule has 1 aromatic heterocycles. The van der Waals surface area contributed by atoms with Gasteiger partial charge in [0.05, 0.1) is 0 Å². The van der Waals surface area contributed by atoms with Gasteiger partial charge in [-0.15, -0.1) is 0 Å². The first-order chi connectivity index (χ1) is 9.00. The smallest absolute Gasteiger partial charge is 0.255 e. The van der Waals surface area contributed by atoms with Crippen LogP contribution >= 0.6 is 11.6 Å². The number of aromatic nitrogens is 2. The van der Waals surface area contributed by atoms with Crippen molar-refractivity contribution in [2.24, 2.45) is 0 Å². The Labute approximate surface area is 117 Å². The van der Waals surface area contributed by atoms with Crippen molar-refractivity contribution in [3.05, 3.63) is 27.4 Å². The maximum Gasteiger partial charge on any atom is 0.255 e. The summed E-state index contributed by atoms with van der Waals surface area (Å²) in [7, 11) is 0. The Morgan fingerprint density at radius 2 is 2.00 bits per heavy atom. The van der Waals surface area contributed by atoms with E-state index in [9.17, 15) is 9.59 Å². The zero-order chi connectivity index (χ0) is 14.0. The second-order valence-electron chi connectivity index (χ2n) is 4.90. The molecule has 1 aliphatic heterocycles. The fourth-order valence-electron chi connectivity index (χ4n) is 2.53. The van der Waals surface area contributed by atoms with Gasteiger partial charge in [0.2, 0.25) is 5.91 Å². The van der Waals surface area contributed by atoms with Crippen molar-refractivity contribution in [3.63, 3.8) is 0 Å². The molecule has 1 aromatic rings. The van der Waals surface area contributed by atoms with Crippen molar-refractivity contribution < 1.29 is 4.79 Å². The van der Waals surface area contributed by atoms with Gasteiger partial charge in [-0.25, -0.2) is 4.98 Å². The maximum atomic E-state index is 12.4. The predicted molar refractivity (Wildman–Crippen MR) is 73.4 cm³/mol. The molecule has 0 aromatic carbocycles. The lowest BCUT2D eigenvalue weighted by atomic mass is 10.1. The first-order valence-electron chi connectivity index (χ1n) is 6.55. The van der Waals surface area contributed by atoms with Crippen molar-refractivity contribution in [2.45, 2.75) is 39.2 Å². The molecule has 0 spiro atoms. The molecule has 2 heterocycles. The van der Waals surface area contributed by atoms with Crippen LogP contribution in [0.4, 0.5) is 0 Å². The quantitative estimate of drug-likeness (QED) is 0.778. The maximum absolute atomic E-state index is 12.4. The minimum absolute atomic E-state index is 0.0194. The van der Waals surface area contributed by atoms with E-state index in [0.717, 1.165) is 25.9 Å². The highest BCUT2D eigenvalue weighted by Crippen LogP contribution is 2.16. The van der Waals surface area contributed by atoms with E-state index < -0.39 is 6.04 Å². The summed E-state index contributed by atoms with van der Waals surface area (Å²) in [6, 6.07) is 0.713. The summed E-state index contributed by atoms with van der Waals surface area (Å²) in [5.41, 5.74) is -0.282. The molecule has 0 radical (unpaired) electrons. The van der Waals surface area contributed by atoms with Crippen molar-refractivity contribution in [3.8, 4) is 0 Å². The van der Waals surface area contributed by atoms with Crippen LogP contribution in [-0.2, 0) is 4.79 Å². The number of hydrogen-bond acceptors (Lipinski definition) is 3. The second kappa shape index (κ2) is 5.74. The average Bonchev–Trinajstić information content (AvgIpc) is 2.37. The van der Waals surface area contributed by atoms with Crippen LogP contribution < -0.4 is 5.56 Å². The molecular formula is C13H18ClN3O2. The van der Waals surface area contributed by atoms with Gasteiger partial charge in [-0.05, 0) is 33.1 Å². The van der Waals surface area contributed by atoms with Crippen molar-refractivity contribution in [1.82, 2.24) is 14.5 Å². The van der Waals surface area contributed by atoms with Crippen LogP contribution in [0.1, 0.15) is 38.1 Å². The van der Waals surface area contributed by atoms with E-state index in [-0.39, 0.29) is 16.6 Å². The summed E-state index contributed by atoms with van der Waals surface area (Å²) in [5.74, 6) is 0.449. The zero-order valence-corrected chi connectivity index (χ0v) is 12.0. The minimum atomic E-state index is -0.532. The number of aryl methyl sites for hydroxylation is 1. The summed E-state index contributed by atoms with van der Waals surface area (Å²) in [5, 5.41) is 0.163. The van der Waals surface area contributed by atoms with E-state index in [1.807, 2.05) is 4.90 Å². The minimum Gasteiger partial charge on any atom is -0.341 e. The Morgan fingerprint density at radius 3 is 2.58 bits per heavy atom. The Bertz CT molecular complexity index is 535. The number of likely N-dealkylation sites (tertiary alicyclic amines) is 1. The monoisotopic (exact) mass is 283 g/mol. The molecule has 1 unspecified atom stereocenters. The van der Waals surface area contributed by atoms with Crippen LogP contribution in [0.3, 0.4) is 0 Å². The normalized spacial score (nSPS) is 17.3. The van der Waals surface area contributed by atoms with E-state index in [1.165, 1.54) is 17.1 Å². The number of carbonyl (C=O) groups is 1. The number of carbonyl (C=O) groups excluding carboxylic acids is 1. The number of halogens is 1. The molecule has 104 valence electrons. The first kappa shape index (κ1) is 14.1. The van der Waals surface area contributed by atoms with Crippen LogP contribution in [0.2, 0.25) is 5.15 Å². The average molecular weight is 284 g/mol. The number of hydrogen-bond donors (Lipinski definition) is 0. The fraction of sp³-hybridized carbons (Fsp3) is 0.615. The van der Waals surface area contributed by atoms with Gasteiger partial charge in [0.15, 0.2) is 0 Å². The molecule has 5 nitrogen and oxygen atoms in total. The topological polar surface area (TPSA) is 55.2 Å². The van der Waals surface area contributed by atoms with Crippen molar-refractivity contribution >= 4 is 17.5 Å². The van der Waals surface area contributed by atoms with Gasteiger partial charge in [0.1, 0.15) is 17.0 Å². The van der Waals surface area contributed by atoms with Crippen molar-refractivity contribution in [1.29, 1.82) is 0 Å². The number of nitrogens with zero attached hydrogens (tertiary/aromatic N) is 3. The molecule has 0 bridgehead atoms. The Hall–Kier alpha value is -1.36. The highest BCUT2D eigenvalue weighted by molar-refractivity contribution is 6.29. The SMILES string of the molecule is Cc1nc(Cl)cc(=O)n1C(C)C(=O)N1CCCCC1. The third kappa shape index (κ3) is 2.97. The Morgan fingerprint density at radius 1 is 1.37 bits per heavy atom. The molecule has 0 N–H and O–H groups in total. The fourth-order valence-corrected chi connectivity index (χ4v) is 2.75. The standard InChI is InChI=1S/C13H18ClN3O2/c1-9(13(19)16-6-4-3-5-7-16)17-10(2)15-11(14)8-12(17)18/h8-9H,3-7H2,1-2H3. The zero-order valence-electron chi connectivity index (χ0n) is 11.2. The first-order valence-corrected chi connectivity index (χ1v) is 6.93. The summed E-state index contributed by atoms with van der Waals surface area (Å²) in [6.07, 6.45) is 3.23. The Kier molecular flexibility index (Phi) is 4.24. The van der Waals surface area contributed by atoms with Crippen LogP contribution in [0.25, 0.3) is 0 Å². The lowest BCUT2D eigenvalue weighted by Crippen LogP contribution is -2.42. The van der Waals surface area contributed by atoms with Crippen LogP contribution in [-0.4, -0.2) is 33.4 Å². The molecule has 1 aliphatic rings. The van der Waals surface area contributed by atoms with E-state index >= 15 is 0 Å². The lowest BCUT2D eigenvalue weighted by molar-refractivity contribution is -0.135. The molecule has 0 aliphatic carbocycles. The van der Waals surface area contributed by atoms with Gasteiger partial charge in [-0.2, -0.15) is 0 Å². The van der Waals surface area contributed by atoms with Gasteiger partial charge in [-0.1, -0.05) is 11.6 Å². The summed E-state index contributed by atoms with van der Waals surface area (Å²) >= 11 is 5.74. The molecular weight excluding hydrogens is 266 g/mol. The van der Waals surface area contributed by atoms with E-state index in [4.69, 9.17) is 11.6 Å². The Balaban J connectivity index is 2.26. The van der Waals surface area contributed by atoms with Crippen LogP contribution in [0.5, 0.6) is 0 Å². The third-order valence-corrected chi connectivity index (χ3v) is 3.70. The number of piperidine rings is 1. The van der Waals surface area contributed by atoms with Crippen molar-refractivity contribution in [2.75, 3.05) is 13.1 Å². The van der Waals surface area contributed by atoms with Gasteiger partial charge >= 0.3 is 0 Å². The van der Waals surface area contributed by atoms with Gasteiger partial charge in [0, 0.05) is 19.2 Å². The summed E-state index contributed by atoms with van der Waals surface area (Å²) in [4.78, 5) is 30.2. The third-order valence-electron chi connectivity index (χ3n) is 3.51. The number of amides is 1. The summed E-state index contributed by atoms with van der Waals surface area (Å²) < 4.78 is 1.41. The molecule has 1 fully saturated rings. The molecule has 6 heteroatoms. The van der Waals surface area contributed by atoms with Gasteiger partial charge in [-0.3, -0.25) is 14.2 Å². The highest BCUT2D eigenvalue weighted by Gasteiger charge is 2.25. The predicted octanol–water partition coefficient (Wildman–Crippen LogP) is 1.78. The lowest BCUT2D eigenvalue weighted by Gasteiger charge is -2.30. The molecule has 1 amide bonds. The van der Waals surface area contributed by atoms with E-state index in [2.05, 4.69) is 4.98 Å². The van der Waals surface area contributed by atoms with Gasteiger partial charge < -0.3 is 4.90 Å². The van der Waals surface area contributed by atoms with Gasteiger partial charge in [0.25, 0.3) is 5.56 Å².